The van der Waals surface area contributed by atoms with Crippen molar-refractivity contribution >= 4 is 0 Å². The Hall–Kier alpha value is -1.88. The van der Waals surface area contributed by atoms with Gasteiger partial charge in [-0.05, 0) is 58.0 Å². The van der Waals surface area contributed by atoms with Gasteiger partial charge < -0.3 is 9.47 Å². The van der Waals surface area contributed by atoms with Crippen LogP contribution in [-0.4, -0.2) is 12.2 Å². The highest BCUT2D eigenvalue weighted by molar-refractivity contribution is 5.32. The van der Waals surface area contributed by atoms with Crippen molar-refractivity contribution in [2.45, 2.75) is 33.3 Å². The summed E-state index contributed by atoms with van der Waals surface area (Å²) in [7, 11) is 0. The van der Waals surface area contributed by atoms with Gasteiger partial charge in [0.1, 0.15) is 18.1 Å². The minimum absolute atomic E-state index is 0.582. The maximum Gasteiger partial charge on any atom is 0.163 e. The summed E-state index contributed by atoms with van der Waals surface area (Å²) in [5, 5.41) is 0. The maximum atomic E-state index is 5.65. The van der Waals surface area contributed by atoms with E-state index >= 15 is 0 Å². The molecular weight excluding hydrogens is 224 g/mol. The number of hydrogen-bond donors (Lipinski definition) is 0. The van der Waals surface area contributed by atoms with Crippen molar-refractivity contribution < 1.29 is 9.47 Å². The summed E-state index contributed by atoms with van der Waals surface area (Å²) in [5.74, 6) is 4.15. The molecule has 0 fully saturated rings. The maximum absolute atomic E-state index is 5.65. The molecule has 0 aliphatic heterocycles. The summed E-state index contributed by atoms with van der Waals surface area (Å²) < 4.78 is 11.2. The van der Waals surface area contributed by atoms with Crippen LogP contribution in [-0.2, 0) is 0 Å². The SMILES string of the molecule is C#CC(C)(C)Oc1ccc(OCC=C(C)C)cc1. The van der Waals surface area contributed by atoms with Crippen LogP contribution in [0.15, 0.2) is 35.9 Å². The van der Waals surface area contributed by atoms with Gasteiger partial charge in [0.05, 0.1) is 0 Å². The summed E-state index contributed by atoms with van der Waals surface area (Å²) in [4.78, 5) is 0. The van der Waals surface area contributed by atoms with Crippen molar-refractivity contribution in [2.24, 2.45) is 0 Å². The van der Waals surface area contributed by atoms with Crippen LogP contribution < -0.4 is 9.47 Å². The average Bonchev–Trinajstić information content (AvgIpc) is 2.31. The Labute approximate surface area is 110 Å². The van der Waals surface area contributed by atoms with Gasteiger partial charge in [0.25, 0.3) is 0 Å². The smallest absolute Gasteiger partial charge is 0.163 e. The fourth-order valence-corrected chi connectivity index (χ4v) is 1.23. The van der Waals surface area contributed by atoms with Crippen molar-refractivity contribution in [3.8, 4) is 23.8 Å². The lowest BCUT2D eigenvalue weighted by molar-refractivity contribution is 0.172. The number of terminal acetylenes is 1. The molecule has 0 saturated carbocycles. The zero-order valence-electron chi connectivity index (χ0n) is 11.5. The summed E-state index contributed by atoms with van der Waals surface area (Å²) in [6, 6.07) is 7.47. The molecule has 0 aliphatic rings. The van der Waals surface area contributed by atoms with Crippen molar-refractivity contribution in [1.29, 1.82) is 0 Å². The number of hydrogen-bond acceptors (Lipinski definition) is 2. The number of ether oxygens (including phenoxy) is 2. The zero-order valence-corrected chi connectivity index (χ0v) is 11.5. The minimum atomic E-state index is -0.593. The Morgan fingerprint density at radius 3 is 2.28 bits per heavy atom. The lowest BCUT2D eigenvalue weighted by Crippen LogP contribution is -2.25. The second kappa shape index (κ2) is 6.16. The molecule has 0 unspecified atom stereocenters. The molecule has 18 heavy (non-hydrogen) atoms. The van der Waals surface area contributed by atoms with E-state index in [2.05, 4.69) is 5.92 Å². The van der Waals surface area contributed by atoms with Crippen LogP contribution in [0.1, 0.15) is 27.7 Å². The van der Waals surface area contributed by atoms with Crippen molar-refractivity contribution in [3.63, 3.8) is 0 Å². The van der Waals surface area contributed by atoms with E-state index in [1.165, 1.54) is 5.57 Å². The second-order valence-corrected chi connectivity index (χ2v) is 4.82. The Balaban J connectivity index is 2.58. The normalized spacial score (nSPS) is 10.4. The molecule has 0 radical (unpaired) electrons. The summed E-state index contributed by atoms with van der Waals surface area (Å²) >= 11 is 0. The molecule has 1 rings (SSSR count). The first kappa shape index (κ1) is 14.2. The summed E-state index contributed by atoms with van der Waals surface area (Å²) in [6.45, 7) is 8.38. The third-order valence-corrected chi connectivity index (χ3v) is 2.29. The molecule has 0 atom stereocenters. The van der Waals surface area contributed by atoms with Crippen LogP contribution in [0.25, 0.3) is 0 Å². The molecule has 0 bridgehead atoms. The first-order valence-electron chi connectivity index (χ1n) is 5.96. The molecular formula is C16H20O2. The van der Waals surface area contributed by atoms with Gasteiger partial charge in [-0.3, -0.25) is 0 Å². The standard InChI is InChI=1S/C16H20O2/c1-6-16(4,5)18-15-9-7-14(8-10-15)17-12-11-13(2)3/h1,7-11H,12H2,2-5H3. The lowest BCUT2D eigenvalue weighted by Gasteiger charge is -2.20. The minimum Gasteiger partial charge on any atom is -0.490 e. The van der Waals surface area contributed by atoms with E-state index in [0.717, 1.165) is 11.5 Å². The molecule has 0 aromatic heterocycles. The largest absolute Gasteiger partial charge is 0.490 e. The predicted molar refractivity (Wildman–Crippen MR) is 74.9 cm³/mol. The van der Waals surface area contributed by atoms with E-state index in [0.29, 0.717) is 6.61 Å². The first-order chi connectivity index (χ1) is 8.43. The van der Waals surface area contributed by atoms with Gasteiger partial charge in [0.2, 0.25) is 0 Å². The Kier molecular flexibility index (Phi) is 4.85. The Morgan fingerprint density at radius 1 is 1.22 bits per heavy atom. The molecule has 1 aromatic carbocycles. The van der Waals surface area contributed by atoms with Gasteiger partial charge in [-0.15, -0.1) is 6.42 Å². The van der Waals surface area contributed by atoms with Crippen LogP contribution in [0.5, 0.6) is 11.5 Å². The van der Waals surface area contributed by atoms with Crippen LogP contribution in [0, 0.1) is 12.3 Å². The van der Waals surface area contributed by atoms with Crippen LogP contribution in [0.4, 0.5) is 0 Å². The fourth-order valence-electron chi connectivity index (χ4n) is 1.23. The lowest BCUT2D eigenvalue weighted by atomic mass is 10.1. The van der Waals surface area contributed by atoms with Gasteiger partial charge in [0.15, 0.2) is 5.60 Å². The van der Waals surface area contributed by atoms with Gasteiger partial charge in [-0.2, -0.15) is 0 Å². The van der Waals surface area contributed by atoms with Crippen LogP contribution >= 0.6 is 0 Å². The second-order valence-electron chi connectivity index (χ2n) is 4.82. The molecule has 96 valence electrons. The van der Waals surface area contributed by atoms with Gasteiger partial charge in [-0.25, -0.2) is 0 Å². The van der Waals surface area contributed by atoms with Crippen LogP contribution in [0.2, 0.25) is 0 Å². The average molecular weight is 244 g/mol. The van der Waals surface area contributed by atoms with Gasteiger partial charge >= 0.3 is 0 Å². The zero-order chi connectivity index (χ0) is 13.6. The van der Waals surface area contributed by atoms with Gasteiger partial charge in [-0.1, -0.05) is 11.5 Å². The monoisotopic (exact) mass is 244 g/mol. The highest BCUT2D eigenvalue weighted by atomic mass is 16.5. The van der Waals surface area contributed by atoms with Crippen molar-refractivity contribution in [1.82, 2.24) is 0 Å². The van der Waals surface area contributed by atoms with Gasteiger partial charge in [0, 0.05) is 0 Å². The molecule has 2 heteroatoms. The van der Waals surface area contributed by atoms with E-state index in [4.69, 9.17) is 15.9 Å². The molecule has 0 N–H and O–H groups in total. The third kappa shape index (κ3) is 4.97. The molecule has 0 amide bonds. The van der Waals surface area contributed by atoms with E-state index < -0.39 is 5.60 Å². The molecule has 0 heterocycles. The fraction of sp³-hybridized carbons (Fsp3) is 0.375. The summed E-state index contributed by atoms with van der Waals surface area (Å²) in [6.07, 6.45) is 7.41. The first-order valence-corrected chi connectivity index (χ1v) is 5.96. The van der Waals surface area contributed by atoms with Crippen molar-refractivity contribution in [2.75, 3.05) is 6.61 Å². The van der Waals surface area contributed by atoms with Crippen molar-refractivity contribution in [3.05, 3.63) is 35.9 Å². The number of benzene rings is 1. The Morgan fingerprint density at radius 2 is 1.78 bits per heavy atom. The Bertz CT molecular complexity index is 443. The number of rotatable bonds is 5. The van der Waals surface area contributed by atoms with E-state index in [1.54, 1.807) is 0 Å². The third-order valence-electron chi connectivity index (χ3n) is 2.29. The highest BCUT2D eigenvalue weighted by Crippen LogP contribution is 2.21. The predicted octanol–water partition coefficient (Wildman–Crippen LogP) is 3.82. The molecule has 1 aromatic rings. The molecule has 0 spiro atoms. The van der Waals surface area contributed by atoms with E-state index in [-0.39, 0.29) is 0 Å². The highest BCUT2D eigenvalue weighted by Gasteiger charge is 2.15. The number of allylic oxidation sites excluding steroid dienone is 1. The van der Waals surface area contributed by atoms with Crippen LogP contribution in [0.3, 0.4) is 0 Å². The van der Waals surface area contributed by atoms with E-state index in [1.807, 2.05) is 58.0 Å². The molecule has 0 saturated heterocycles. The molecule has 2 nitrogen and oxygen atoms in total. The topological polar surface area (TPSA) is 18.5 Å². The quantitative estimate of drug-likeness (QED) is 0.579. The molecule has 0 aliphatic carbocycles. The summed E-state index contributed by atoms with van der Waals surface area (Å²) in [5.41, 5.74) is 0.649. The van der Waals surface area contributed by atoms with E-state index in [9.17, 15) is 0 Å².